The minimum Gasteiger partial charge on any atom is -0.367 e. The summed E-state index contributed by atoms with van der Waals surface area (Å²) in [4.78, 5) is 27.6. The summed E-state index contributed by atoms with van der Waals surface area (Å²) in [6, 6.07) is 13.1. The third-order valence-corrected chi connectivity index (χ3v) is 5.12. The van der Waals surface area contributed by atoms with Crippen molar-refractivity contribution in [3.63, 3.8) is 0 Å². The zero-order valence-electron chi connectivity index (χ0n) is 17.6. The average Bonchev–Trinajstić information content (AvgIpc) is 3.26. The molecule has 0 saturated carbocycles. The SMILES string of the molecule is C=C/C(NC(=O)c1cccc(-c2nc3ccccc3[nH]2)n1)=C(\C=C/C)N1CCNCC1. The number of nitrogens with zero attached hydrogens (tertiary/aromatic N) is 3. The van der Waals surface area contributed by atoms with Crippen molar-refractivity contribution in [3.8, 4) is 11.5 Å². The number of hydrogen-bond donors (Lipinski definition) is 3. The molecule has 7 nitrogen and oxygen atoms in total. The van der Waals surface area contributed by atoms with Crippen LogP contribution in [0.25, 0.3) is 22.6 Å². The third kappa shape index (κ3) is 4.57. The topological polar surface area (TPSA) is 85.9 Å². The molecule has 158 valence electrons. The molecule has 0 radical (unpaired) electrons. The highest BCUT2D eigenvalue weighted by Gasteiger charge is 2.17. The van der Waals surface area contributed by atoms with Gasteiger partial charge in [-0.2, -0.15) is 0 Å². The maximum absolute atomic E-state index is 13.0. The number of imidazole rings is 1. The van der Waals surface area contributed by atoms with Crippen LogP contribution in [0, 0.1) is 0 Å². The summed E-state index contributed by atoms with van der Waals surface area (Å²) in [5.41, 5.74) is 4.33. The van der Waals surface area contributed by atoms with Crippen LogP contribution in [0.15, 0.2) is 78.7 Å². The molecule has 2 aromatic heterocycles. The zero-order valence-corrected chi connectivity index (χ0v) is 17.6. The normalized spacial score (nSPS) is 15.2. The molecular formula is C24H26N6O. The number of piperazine rings is 1. The number of carbonyl (C=O) groups is 1. The van der Waals surface area contributed by atoms with Crippen molar-refractivity contribution in [2.45, 2.75) is 6.92 Å². The van der Waals surface area contributed by atoms with Crippen LogP contribution in [0.4, 0.5) is 0 Å². The highest BCUT2D eigenvalue weighted by molar-refractivity contribution is 5.94. The lowest BCUT2D eigenvalue weighted by Crippen LogP contribution is -2.43. The van der Waals surface area contributed by atoms with E-state index in [1.54, 1.807) is 12.1 Å². The summed E-state index contributed by atoms with van der Waals surface area (Å²) in [5, 5.41) is 6.33. The van der Waals surface area contributed by atoms with Gasteiger partial charge in [-0.25, -0.2) is 9.97 Å². The fraction of sp³-hybridized carbons (Fsp3) is 0.208. The largest absolute Gasteiger partial charge is 0.367 e. The van der Waals surface area contributed by atoms with Gasteiger partial charge in [0.05, 0.1) is 22.4 Å². The molecule has 0 atom stereocenters. The number of carbonyl (C=O) groups excluding carboxylic acids is 1. The fourth-order valence-electron chi connectivity index (χ4n) is 3.60. The van der Waals surface area contributed by atoms with Gasteiger partial charge >= 0.3 is 0 Å². The lowest BCUT2D eigenvalue weighted by atomic mass is 10.2. The number of para-hydroxylation sites is 2. The molecule has 1 fully saturated rings. The molecule has 1 aliphatic heterocycles. The Morgan fingerprint density at radius 1 is 1.13 bits per heavy atom. The Balaban J connectivity index is 1.61. The molecule has 4 rings (SSSR count). The van der Waals surface area contributed by atoms with E-state index in [0.717, 1.165) is 42.9 Å². The number of fused-ring (bicyclic) bond motifs is 1. The predicted octanol–water partition coefficient (Wildman–Crippen LogP) is 3.23. The molecule has 3 aromatic rings. The van der Waals surface area contributed by atoms with Gasteiger partial charge in [0.2, 0.25) is 0 Å². The first-order valence-electron chi connectivity index (χ1n) is 10.4. The zero-order chi connectivity index (χ0) is 21.6. The van der Waals surface area contributed by atoms with E-state index in [9.17, 15) is 4.79 Å². The Morgan fingerprint density at radius 2 is 1.94 bits per heavy atom. The minimum absolute atomic E-state index is 0.287. The van der Waals surface area contributed by atoms with E-state index >= 15 is 0 Å². The van der Waals surface area contributed by atoms with Gasteiger partial charge in [0, 0.05) is 26.2 Å². The van der Waals surface area contributed by atoms with Crippen molar-refractivity contribution in [2.24, 2.45) is 0 Å². The molecule has 1 amide bonds. The van der Waals surface area contributed by atoms with Crippen LogP contribution in [-0.2, 0) is 0 Å². The van der Waals surface area contributed by atoms with Crippen molar-refractivity contribution in [3.05, 3.63) is 84.4 Å². The number of pyridine rings is 1. The molecule has 0 bridgehead atoms. The Hall–Kier alpha value is -3.71. The quantitative estimate of drug-likeness (QED) is 0.539. The van der Waals surface area contributed by atoms with Gasteiger partial charge in [-0.15, -0.1) is 0 Å². The van der Waals surface area contributed by atoms with E-state index in [1.807, 2.05) is 55.5 Å². The fourth-order valence-corrected chi connectivity index (χ4v) is 3.60. The number of H-pyrrole nitrogens is 1. The first-order valence-corrected chi connectivity index (χ1v) is 10.4. The van der Waals surface area contributed by atoms with Crippen LogP contribution >= 0.6 is 0 Å². The number of amides is 1. The standard InChI is InChI=1S/C24H26N6O/c1-3-8-22(30-15-13-25-14-16-30)17(4-2)29-24(31)21-12-7-11-20(26-21)23-27-18-9-5-6-10-19(18)28-23/h3-12,25H,2,13-16H2,1H3,(H,27,28)(H,29,31)/b8-3-,22-17-. The molecule has 1 aromatic carbocycles. The highest BCUT2D eigenvalue weighted by atomic mass is 16.1. The number of allylic oxidation sites excluding steroid dienone is 3. The Kier molecular flexibility index (Phi) is 6.24. The Labute approximate surface area is 181 Å². The molecule has 31 heavy (non-hydrogen) atoms. The van der Waals surface area contributed by atoms with Gasteiger partial charge in [0.15, 0.2) is 5.82 Å². The van der Waals surface area contributed by atoms with E-state index in [-0.39, 0.29) is 5.91 Å². The van der Waals surface area contributed by atoms with Crippen molar-refractivity contribution in [1.82, 2.24) is 30.5 Å². The highest BCUT2D eigenvalue weighted by Crippen LogP contribution is 2.19. The number of rotatable bonds is 6. The monoisotopic (exact) mass is 414 g/mol. The van der Waals surface area contributed by atoms with Crippen molar-refractivity contribution in [1.29, 1.82) is 0 Å². The van der Waals surface area contributed by atoms with Crippen LogP contribution in [-0.4, -0.2) is 51.9 Å². The van der Waals surface area contributed by atoms with Gasteiger partial charge in [-0.1, -0.05) is 30.9 Å². The number of hydrogen-bond acceptors (Lipinski definition) is 5. The summed E-state index contributed by atoms with van der Waals surface area (Å²) in [6.45, 7) is 9.41. The number of aromatic nitrogens is 3. The maximum atomic E-state index is 13.0. The summed E-state index contributed by atoms with van der Waals surface area (Å²) in [7, 11) is 0. The molecule has 1 aliphatic rings. The van der Waals surface area contributed by atoms with E-state index in [2.05, 4.69) is 37.1 Å². The van der Waals surface area contributed by atoms with Crippen LogP contribution in [0.1, 0.15) is 17.4 Å². The third-order valence-electron chi connectivity index (χ3n) is 5.12. The molecule has 3 heterocycles. The van der Waals surface area contributed by atoms with E-state index in [1.165, 1.54) is 0 Å². The van der Waals surface area contributed by atoms with Crippen molar-refractivity contribution in [2.75, 3.05) is 26.2 Å². The average molecular weight is 415 g/mol. The predicted molar refractivity (Wildman–Crippen MR) is 123 cm³/mol. The Bertz CT molecular complexity index is 1120. The van der Waals surface area contributed by atoms with Gasteiger partial charge in [-0.05, 0) is 43.3 Å². The van der Waals surface area contributed by atoms with Crippen LogP contribution in [0.5, 0.6) is 0 Å². The lowest BCUT2D eigenvalue weighted by Gasteiger charge is -2.31. The van der Waals surface area contributed by atoms with Gasteiger partial charge < -0.3 is 20.5 Å². The van der Waals surface area contributed by atoms with Crippen molar-refractivity contribution >= 4 is 16.9 Å². The summed E-state index contributed by atoms with van der Waals surface area (Å²) in [6.07, 6.45) is 5.65. The summed E-state index contributed by atoms with van der Waals surface area (Å²) in [5.74, 6) is 0.343. The minimum atomic E-state index is -0.287. The molecule has 0 aliphatic carbocycles. The van der Waals surface area contributed by atoms with E-state index in [4.69, 9.17) is 0 Å². The molecule has 3 N–H and O–H groups in total. The second-order valence-electron chi connectivity index (χ2n) is 7.20. The van der Waals surface area contributed by atoms with Crippen LogP contribution < -0.4 is 10.6 Å². The molecular weight excluding hydrogens is 388 g/mol. The van der Waals surface area contributed by atoms with Crippen LogP contribution in [0.3, 0.4) is 0 Å². The number of aromatic amines is 1. The smallest absolute Gasteiger partial charge is 0.274 e. The number of benzene rings is 1. The van der Waals surface area contributed by atoms with E-state index in [0.29, 0.717) is 22.9 Å². The van der Waals surface area contributed by atoms with Gasteiger partial charge in [0.25, 0.3) is 5.91 Å². The molecule has 7 heteroatoms. The van der Waals surface area contributed by atoms with Gasteiger partial charge in [-0.3, -0.25) is 4.79 Å². The first-order chi connectivity index (χ1) is 15.2. The maximum Gasteiger partial charge on any atom is 0.274 e. The molecule has 1 saturated heterocycles. The second-order valence-corrected chi connectivity index (χ2v) is 7.20. The second kappa shape index (κ2) is 9.40. The van der Waals surface area contributed by atoms with Crippen LogP contribution in [0.2, 0.25) is 0 Å². The Morgan fingerprint density at radius 3 is 2.68 bits per heavy atom. The lowest BCUT2D eigenvalue weighted by molar-refractivity contribution is 0.0961. The number of nitrogens with one attached hydrogen (secondary N) is 3. The van der Waals surface area contributed by atoms with E-state index < -0.39 is 0 Å². The van der Waals surface area contributed by atoms with Gasteiger partial charge in [0.1, 0.15) is 11.4 Å². The van der Waals surface area contributed by atoms with Crippen molar-refractivity contribution < 1.29 is 4.79 Å². The summed E-state index contributed by atoms with van der Waals surface area (Å²) >= 11 is 0. The summed E-state index contributed by atoms with van der Waals surface area (Å²) < 4.78 is 0. The molecule has 0 spiro atoms. The molecule has 0 unspecified atom stereocenters. The first kappa shape index (κ1) is 20.6.